The van der Waals surface area contributed by atoms with Crippen LogP contribution < -0.4 is 0 Å². The Morgan fingerprint density at radius 2 is 0.808 bits per heavy atom. The zero-order valence-corrected chi connectivity index (χ0v) is 29.2. The summed E-state index contributed by atoms with van der Waals surface area (Å²) in [6, 6.07) is 66.0. The van der Waals surface area contributed by atoms with Crippen LogP contribution in [0, 0.1) is 0 Å². The fraction of sp³-hybridized carbons (Fsp3) is 0.0800. The van der Waals surface area contributed by atoms with Gasteiger partial charge in [0.25, 0.3) is 0 Å². The first-order chi connectivity index (χ1) is 25.5. The van der Waals surface area contributed by atoms with Gasteiger partial charge in [0.05, 0.1) is 16.8 Å². The largest absolute Gasteiger partial charge is 0.228 e. The van der Waals surface area contributed by atoms with Gasteiger partial charge in [-0.1, -0.05) is 178 Å². The molecule has 52 heavy (non-hydrogen) atoms. The quantitative estimate of drug-likeness (QED) is 0.187. The van der Waals surface area contributed by atoms with Crippen LogP contribution in [0.2, 0.25) is 0 Å². The van der Waals surface area contributed by atoms with Crippen molar-refractivity contribution in [3.05, 3.63) is 215 Å². The second-order valence-corrected chi connectivity index (χ2v) is 14.5. The van der Waals surface area contributed by atoms with Crippen molar-refractivity contribution < 1.29 is 0 Å². The van der Waals surface area contributed by atoms with Crippen LogP contribution in [-0.4, -0.2) is 9.97 Å². The molecular formula is C50H36N2. The van der Waals surface area contributed by atoms with Crippen LogP contribution in [0.3, 0.4) is 0 Å². The highest BCUT2D eigenvalue weighted by Crippen LogP contribution is 2.62. The lowest BCUT2D eigenvalue weighted by atomic mass is 9.55. The lowest BCUT2D eigenvalue weighted by molar-refractivity contribution is 0.563. The Morgan fingerprint density at radius 1 is 0.327 bits per heavy atom. The van der Waals surface area contributed by atoms with Crippen molar-refractivity contribution in [2.24, 2.45) is 0 Å². The number of benzene rings is 7. The van der Waals surface area contributed by atoms with Crippen molar-refractivity contribution in [3.63, 3.8) is 0 Å². The summed E-state index contributed by atoms with van der Waals surface area (Å²) < 4.78 is 0. The second-order valence-electron chi connectivity index (χ2n) is 14.5. The summed E-state index contributed by atoms with van der Waals surface area (Å²) in [5.41, 5.74) is 17.5. The fourth-order valence-corrected chi connectivity index (χ4v) is 8.97. The predicted octanol–water partition coefficient (Wildman–Crippen LogP) is 12.1. The van der Waals surface area contributed by atoms with Gasteiger partial charge >= 0.3 is 0 Å². The van der Waals surface area contributed by atoms with Crippen molar-refractivity contribution in [2.75, 3.05) is 0 Å². The molecule has 7 aromatic carbocycles. The average molecular weight is 665 g/mol. The van der Waals surface area contributed by atoms with Crippen LogP contribution in [-0.2, 0) is 10.8 Å². The molecule has 0 aliphatic heterocycles. The SMILES string of the molecule is CC1(C)c2ccccc2C2(c3ccccc3-c3ccccc32)c2cc(-c3cccc(-c4cc(-c5ccccc5)nc(-c5ccccc5)n4)c3)ccc21. The van der Waals surface area contributed by atoms with Gasteiger partial charge in [0, 0.05) is 22.1 Å². The first kappa shape index (κ1) is 30.4. The van der Waals surface area contributed by atoms with Gasteiger partial charge in [-0.3, -0.25) is 0 Å². The Kier molecular flexibility index (Phi) is 6.78. The number of hydrogen-bond donors (Lipinski definition) is 0. The molecule has 0 radical (unpaired) electrons. The van der Waals surface area contributed by atoms with Crippen molar-refractivity contribution in [1.82, 2.24) is 9.97 Å². The molecule has 1 spiro atoms. The summed E-state index contributed by atoms with van der Waals surface area (Å²) in [5, 5.41) is 0. The highest BCUT2D eigenvalue weighted by molar-refractivity contribution is 5.89. The van der Waals surface area contributed by atoms with Gasteiger partial charge in [0.1, 0.15) is 0 Å². The van der Waals surface area contributed by atoms with E-state index >= 15 is 0 Å². The van der Waals surface area contributed by atoms with E-state index in [0.29, 0.717) is 0 Å². The smallest absolute Gasteiger partial charge is 0.160 e. The zero-order chi connectivity index (χ0) is 34.9. The summed E-state index contributed by atoms with van der Waals surface area (Å²) in [7, 11) is 0. The maximum atomic E-state index is 5.15. The van der Waals surface area contributed by atoms with Crippen LogP contribution in [0.1, 0.15) is 47.2 Å². The van der Waals surface area contributed by atoms with E-state index in [0.717, 1.165) is 39.5 Å². The van der Waals surface area contributed by atoms with Crippen LogP contribution in [0.15, 0.2) is 182 Å². The zero-order valence-electron chi connectivity index (χ0n) is 29.2. The molecular weight excluding hydrogens is 629 g/mol. The van der Waals surface area contributed by atoms with Crippen LogP contribution in [0.5, 0.6) is 0 Å². The predicted molar refractivity (Wildman–Crippen MR) is 213 cm³/mol. The molecule has 0 amide bonds. The number of nitrogens with zero attached hydrogens (tertiary/aromatic N) is 2. The topological polar surface area (TPSA) is 25.8 Å². The van der Waals surface area contributed by atoms with Gasteiger partial charge in [0.15, 0.2) is 5.82 Å². The standard InChI is InChI=1S/C50H36N2/c1-49(2)42-26-13-14-27-44(42)50(40-24-11-9-22-38(40)39-23-10-12-25-41(39)50)45-31-36(28-29-43(45)49)35-20-15-21-37(30-35)47-32-46(33-16-5-3-6-17-33)51-48(52-47)34-18-7-4-8-19-34/h3-32H,1-2H3. The van der Waals surface area contributed by atoms with E-state index in [9.17, 15) is 0 Å². The molecule has 8 aromatic rings. The van der Waals surface area contributed by atoms with E-state index in [2.05, 4.69) is 172 Å². The minimum Gasteiger partial charge on any atom is -0.228 e. The first-order valence-corrected chi connectivity index (χ1v) is 18.1. The molecule has 1 aromatic heterocycles. The Morgan fingerprint density at radius 3 is 1.48 bits per heavy atom. The van der Waals surface area contributed by atoms with Gasteiger partial charge in [0.2, 0.25) is 0 Å². The van der Waals surface area contributed by atoms with E-state index in [1.807, 2.05) is 24.3 Å². The Labute approximate surface area is 305 Å². The Bertz CT molecular complexity index is 2550. The van der Waals surface area contributed by atoms with Crippen LogP contribution in [0.25, 0.3) is 56.2 Å². The molecule has 0 saturated heterocycles. The Balaban J connectivity index is 1.18. The molecule has 1 heterocycles. The third-order valence-corrected chi connectivity index (χ3v) is 11.4. The molecule has 2 nitrogen and oxygen atoms in total. The summed E-state index contributed by atoms with van der Waals surface area (Å²) in [5.74, 6) is 0.720. The van der Waals surface area contributed by atoms with Gasteiger partial charge < -0.3 is 0 Å². The second kappa shape index (κ2) is 11.6. The number of fused-ring (bicyclic) bond motifs is 9. The number of rotatable bonds is 4. The van der Waals surface area contributed by atoms with Gasteiger partial charge in [-0.15, -0.1) is 0 Å². The van der Waals surface area contributed by atoms with Crippen LogP contribution >= 0.6 is 0 Å². The summed E-state index contributed by atoms with van der Waals surface area (Å²) >= 11 is 0. The normalized spacial score (nSPS) is 14.3. The summed E-state index contributed by atoms with van der Waals surface area (Å²) in [6.07, 6.45) is 0. The maximum absolute atomic E-state index is 5.15. The van der Waals surface area contributed by atoms with Crippen molar-refractivity contribution >= 4 is 0 Å². The summed E-state index contributed by atoms with van der Waals surface area (Å²) in [6.45, 7) is 4.77. The molecule has 0 N–H and O–H groups in total. The molecule has 246 valence electrons. The van der Waals surface area contributed by atoms with Crippen molar-refractivity contribution in [2.45, 2.75) is 24.7 Å². The molecule has 2 heteroatoms. The molecule has 2 aliphatic rings. The maximum Gasteiger partial charge on any atom is 0.160 e. The summed E-state index contributed by atoms with van der Waals surface area (Å²) in [4.78, 5) is 10.2. The minimum atomic E-state index is -0.427. The molecule has 2 aliphatic carbocycles. The van der Waals surface area contributed by atoms with E-state index in [4.69, 9.17) is 9.97 Å². The monoisotopic (exact) mass is 664 g/mol. The van der Waals surface area contributed by atoms with Crippen molar-refractivity contribution in [1.29, 1.82) is 0 Å². The molecule has 0 unspecified atom stereocenters. The fourth-order valence-electron chi connectivity index (χ4n) is 8.97. The molecule has 10 rings (SSSR count). The van der Waals surface area contributed by atoms with E-state index in [-0.39, 0.29) is 5.41 Å². The molecule has 0 bridgehead atoms. The third kappa shape index (κ3) is 4.44. The molecule has 0 fully saturated rings. The van der Waals surface area contributed by atoms with E-state index in [1.54, 1.807) is 0 Å². The van der Waals surface area contributed by atoms with E-state index < -0.39 is 5.41 Å². The number of aromatic nitrogens is 2. The average Bonchev–Trinajstić information content (AvgIpc) is 3.51. The van der Waals surface area contributed by atoms with Gasteiger partial charge in [-0.25, -0.2) is 9.97 Å². The lowest BCUT2D eigenvalue weighted by Crippen LogP contribution is -2.40. The Hall–Kier alpha value is -6.38. The van der Waals surface area contributed by atoms with Crippen LogP contribution in [0.4, 0.5) is 0 Å². The number of hydrogen-bond acceptors (Lipinski definition) is 2. The van der Waals surface area contributed by atoms with Crippen molar-refractivity contribution in [3.8, 4) is 56.2 Å². The van der Waals surface area contributed by atoms with Gasteiger partial charge in [-0.2, -0.15) is 0 Å². The van der Waals surface area contributed by atoms with Gasteiger partial charge in [-0.05, 0) is 73.8 Å². The highest BCUT2D eigenvalue weighted by atomic mass is 14.9. The highest BCUT2D eigenvalue weighted by Gasteiger charge is 2.53. The minimum absolute atomic E-state index is 0.174. The molecule has 0 saturated carbocycles. The lowest BCUT2D eigenvalue weighted by Gasteiger charge is -2.46. The molecule has 0 atom stereocenters. The third-order valence-electron chi connectivity index (χ3n) is 11.4. The first-order valence-electron chi connectivity index (χ1n) is 18.1. The van der Waals surface area contributed by atoms with E-state index in [1.165, 1.54) is 50.1 Å².